The molecule has 0 aliphatic heterocycles. The van der Waals surface area contributed by atoms with E-state index in [2.05, 4.69) is 6.92 Å². The Morgan fingerprint density at radius 1 is 0.862 bits per heavy atom. The quantitative estimate of drug-likeness (QED) is 0.652. The Hall–Kier alpha value is -3.40. The molecule has 0 saturated heterocycles. The Labute approximate surface area is 169 Å². The molecule has 1 aliphatic rings. The fourth-order valence-electron chi connectivity index (χ4n) is 4.31. The summed E-state index contributed by atoms with van der Waals surface area (Å²) in [5.41, 5.74) is 2.31. The average Bonchev–Trinajstić information content (AvgIpc) is 2.72. The van der Waals surface area contributed by atoms with Gasteiger partial charge in [-0.25, -0.2) is 0 Å². The van der Waals surface area contributed by atoms with Crippen LogP contribution in [0.4, 0.5) is 0 Å². The largest absolute Gasteiger partial charge is 0.507 e. The van der Waals surface area contributed by atoms with Gasteiger partial charge in [0.05, 0.1) is 17.0 Å². The molecule has 3 aromatic rings. The molecular formula is C25H22O4. The summed E-state index contributed by atoms with van der Waals surface area (Å²) in [5, 5.41) is 20.7. The standard InChI is InChI=1S/C25H22O4/c1-2-15(16-8-4-3-5-9-16)14-21(28)22-17-10-6-12-19(26)23(17)25(29)24-18(22)11-7-13-20(24)27/h3-13,15,22,26-27H,2,14H2,1H3. The Bertz CT molecular complexity index is 1030. The molecule has 0 spiro atoms. The first-order chi connectivity index (χ1) is 14.0. The number of rotatable bonds is 5. The first-order valence-corrected chi connectivity index (χ1v) is 9.79. The summed E-state index contributed by atoms with van der Waals surface area (Å²) in [6, 6.07) is 19.5. The number of ketones is 2. The lowest BCUT2D eigenvalue weighted by Gasteiger charge is -2.28. The van der Waals surface area contributed by atoms with Crippen LogP contribution >= 0.6 is 0 Å². The highest BCUT2D eigenvalue weighted by Gasteiger charge is 2.38. The third-order valence-corrected chi connectivity index (χ3v) is 5.76. The molecule has 0 bridgehead atoms. The van der Waals surface area contributed by atoms with Crippen molar-refractivity contribution in [2.24, 2.45) is 0 Å². The van der Waals surface area contributed by atoms with E-state index in [4.69, 9.17) is 0 Å². The van der Waals surface area contributed by atoms with Gasteiger partial charge in [0.25, 0.3) is 0 Å². The number of phenols is 2. The number of benzene rings is 3. The van der Waals surface area contributed by atoms with Gasteiger partial charge in [0, 0.05) is 6.42 Å². The van der Waals surface area contributed by atoms with E-state index in [1.165, 1.54) is 12.1 Å². The van der Waals surface area contributed by atoms with Gasteiger partial charge in [0.2, 0.25) is 5.78 Å². The van der Waals surface area contributed by atoms with Crippen molar-refractivity contribution >= 4 is 11.6 Å². The van der Waals surface area contributed by atoms with Crippen LogP contribution in [0.5, 0.6) is 11.5 Å². The van der Waals surface area contributed by atoms with Crippen LogP contribution < -0.4 is 0 Å². The third kappa shape index (κ3) is 3.21. The minimum Gasteiger partial charge on any atom is -0.507 e. The topological polar surface area (TPSA) is 74.6 Å². The van der Waals surface area contributed by atoms with Gasteiger partial charge in [0.15, 0.2) is 0 Å². The lowest BCUT2D eigenvalue weighted by molar-refractivity contribution is -0.120. The smallest absolute Gasteiger partial charge is 0.201 e. The summed E-state index contributed by atoms with van der Waals surface area (Å²) in [7, 11) is 0. The number of aromatic hydroxyl groups is 2. The Balaban J connectivity index is 1.81. The van der Waals surface area contributed by atoms with E-state index in [0.29, 0.717) is 17.5 Å². The van der Waals surface area contributed by atoms with Crippen molar-refractivity contribution in [2.45, 2.75) is 31.6 Å². The van der Waals surface area contributed by atoms with Crippen molar-refractivity contribution in [1.82, 2.24) is 0 Å². The summed E-state index contributed by atoms with van der Waals surface area (Å²) in [4.78, 5) is 26.5. The molecule has 2 N–H and O–H groups in total. The summed E-state index contributed by atoms with van der Waals surface area (Å²) in [5.74, 6) is -1.47. The van der Waals surface area contributed by atoms with Crippen LogP contribution in [0.3, 0.4) is 0 Å². The molecule has 0 heterocycles. The molecule has 4 rings (SSSR count). The summed E-state index contributed by atoms with van der Waals surface area (Å²) in [6.45, 7) is 2.05. The number of carbonyl (C=O) groups excluding carboxylic acids is 2. The van der Waals surface area contributed by atoms with Gasteiger partial charge in [-0.05, 0) is 41.2 Å². The highest BCUT2D eigenvalue weighted by molar-refractivity contribution is 6.18. The number of Topliss-reactive ketones (excluding diaryl/α,β-unsaturated/α-hetero) is 1. The van der Waals surface area contributed by atoms with E-state index in [-0.39, 0.29) is 34.3 Å². The van der Waals surface area contributed by atoms with Gasteiger partial charge in [-0.2, -0.15) is 0 Å². The fourth-order valence-corrected chi connectivity index (χ4v) is 4.31. The molecule has 0 aromatic heterocycles. The lowest BCUT2D eigenvalue weighted by atomic mass is 9.73. The number of hydrogen-bond acceptors (Lipinski definition) is 4. The lowest BCUT2D eigenvalue weighted by Crippen LogP contribution is -2.26. The van der Waals surface area contributed by atoms with Gasteiger partial charge in [-0.3, -0.25) is 9.59 Å². The predicted octanol–water partition coefficient (Wildman–Crippen LogP) is 4.93. The van der Waals surface area contributed by atoms with Crippen LogP contribution in [0, 0.1) is 0 Å². The van der Waals surface area contributed by atoms with Crippen LogP contribution in [0.25, 0.3) is 0 Å². The van der Waals surface area contributed by atoms with E-state index in [0.717, 1.165) is 12.0 Å². The molecule has 29 heavy (non-hydrogen) atoms. The monoisotopic (exact) mass is 386 g/mol. The van der Waals surface area contributed by atoms with E-state index >= 15 is 0 Å². The van der Waals surface area contributed by atoms with Gasteiger partial charge < -0.3 is 10.2 Å². The van der Waals surface area contributed by atoms with E-state index < -0.39 is 11.7 Å². The predicted molar refractivity (Wildman–Crippen MR) is 111 cm³/mol. The molecule has 1 atom stereocenters. The number of hydrogen-bond donors (Lipinski definition) is 2. The second kappa shape index (κ2) is 7.55. The molecule has 4 nitrogen and oxygen atoms in total. The van der Waals surface area contributed by atoms with Gasteiger partial charge in [0.1, 0.15) is 17.3 Å². The van der Waals surface area contributed by atoms with Crippen molar-refractivity contribution < 1.29 is 19.8 Å². The zero-order chi connectivity index (χ0) is 20.5. The van der Waals surface area contributed by atoms with Crippen LogP contribution in [-0.4, -0.2) is 21.8 Å². The maximum atomic E-state index is 13.5. The molecule has 0 fully saturated rings. The zero-order valence-corrected chi connectivity index (χ0v) is 16.1. The summed E-state index contributed by atoms with van der Waals surface area (Å²) in [6.07, 6.45) is 1.12. The van der Waals surface area contributed by atoms with Crippen LogP contribution in [0.1, 0.15) is 64.2 Å². The zero-order valence-electron chi connectivity index (χ0n) is 16.1. The second-order valence-corrected chi connectivity index (χ2v) is 7.43. The molecule has 4 heteroatoms. The van der Waals surface area contributed by atoms with Crippen LogP contribution in [-0.2, 0) is 4.79 Å². The summed E-state index contributed by atoms with van der Waals surface area (Å²) < 4.78 is 0. The third-order valence-electron chi connectivity index (χ3n) is 5.76. The van der Waals surface area contributed by atoms with Crippen molar-refractivity contribution in [3.05, 3.63) is 94.5 Å². The highest BCUT2D eigenvalue weighted by atomic mass is 16.3. The Morgan fingerprint density at radius 2 is 1.41 bits per heavy atom. The molecule has 0 amide bonds. The maximum absolute atomic E-state index is 13.5. The molecule has 1 unspecified atom stereocenters. The van der Waals surface area contributed by atoms with E-state index in [1.54, 1.807) is 24.3 Å². The van der Waals surface area contributed by atoms with Crippen LogP contribution in [0.2, 0.25) is 0 Å². The van der Waals surface area contributed by atoms with Crippen LogP contribution in [0.15, 0.2) is 66.7 Å². The van der Waals surface area contributed by atoms with Gasteiger partial charge in [-0.1, -0.05) is 61.5 Å². The molecular weight excluding hydrogens is 364 g/mol. The minimum absolute atomic E-state index is 0.0353. The summed E-state index contributed by atoms with van der Waals surface area (Å²) >= 11 is 0. The van der Waals surface area contributed by atoms with Crippen molar-refractivity contribution in [3.63, 3.8) is 0 Å². The number of phenolic OH excluding ortho intramolecular Hbond substituents is 2. The first-order valence-electron chi connectivity index (χ1n) is 9.79. The van der Waals surface area contributed by atoms with Gasteiger partial charge in [-0.15, -0.1) is 0 Å². The Kier molecular flexibility index (Phi) is 4.93. The fraction of sp³-hybridized carbons (Fsp3) is 0.200. The highest BCUT2D eigenvalue weighted by Crippen LogP contribution is 2.44. The SMILES string of the molecule is CCC(CC(=O)C1c2cccc(O)c2C(=O)c2c(O)cccc21)c1ccccc1. The number of carbonyl (C=O) groups is 2. The van der Waals surface area contributed by atoms with E-state index in [9.17, 15) is 19.8 Å². The van der Waals surface area contributed by atoms with E-state index in [1.807, 2.05) is 30.3 Å². The van der Waals surface area contributed by atoms with Crippen molar-refractivity contribution in [3.8, 4) is 11.5 Å². The average molecular weight is 386 g/mol. The van der Waals surface area contributed by atoms with Crippen molar-refractivity contribution in [2.75, 3.05) is 0 Å². The first kappa shape index (κ1) is 18.9. The molecule has 0 radical (unpaired) electrons. The maximum Gasteiger partial charge on any atom is 0.201 e. The molecule has 0 saturated carbocycles. The van der Waals surface area contributed by atoms with Gasteiger partial charge >= 0.3 is 0 Å². The molecule has 1 aliphatic carbocycles. The normalized spacial score (nSPS) is 14.2. The number of fused-ring (bicyclic) bond motifs is 2. The Morgan fingerprint density at radius 3 is 1.93 bits per heavy atom. The molecule has 3 aromatic carbocycles. The minimum atomic E-state index is -0.699. The molecule has 146 valence electrons. The van der Waals surface area contributed by atoms with Crippen molar-refractivity contribution in [1.29, 1.82) is 0 Å². The second-order valence-electron chi connectivity index (χ2n) is 7.43.